The summed E-state index contributed by atoms with van der Waals surface area (Å²) in [4.78, 5) is 15.2. The molecule has 2 unspecified atom stereocenters. The maximum absolute atomic E-state index is 12.2. The minimum absolute atomic E-state index is 0.0153. The van der Waals surface area contributed by atoms with Crippen molar-refractivity contribution in [3.8, 4) is 5.75 Å². The first kappa shape index (κ1) is 14.6. The molecular formula is C18H17NO3S. The van der Waals surface area contributed by atoms with E-state index in [0.717, 1.165) is 16.3 Å². The van der Waals surface area contributed by atoms with E-state index in [0.29, 0.717) is 6.54 Å². The Kier molecular flexibility index (Phi) is 3.75. The average molecular weight is 327 g/mol. The van der Waals surface area contributed by atoms with Crippen LogP contribution in [-0.2, 0) is 9.53 Å². The van der Waals surface area contributed by atoms with Crippen LogP contribution < -0.4 is 9.64 Å². The molecule has 2 aliphatic rings. The van der Waals surface area contributed by atoms with Crippen molar-refractivity contribution in [3.63, 3.8) is 0 Å². The lowest BCUT2D eigenvalue weighted by Crippen LogP contribution is -2.47. The molecule has 1 fully saturated rings. The zero-order chi connectivity index (χ0) is 15.8. The number of anilines is 1. The van der Waals surface area contributed by atoms with Crippen molar-refractivity contribution in [1.29, 1.82) is 0 Å². The van der Waals surface area contributed by atoms with Crippen LogP contribution in [0.5, 0.6) is 5.75 Å². The van der Waals surface area contributed by atoms with E-state index >= 15 is 0 Å². The van der Waals surface area contributed by atoms with Gasteiger partial charge in [0.05, 0.1) is 30.7 Å². The summed E-state index contributed by atoms with van der Waals surface area (Å²) in [5.74, 6) is 0.874. The van der Waals surface area contributed by atoms with Crippen molar-refractivity contribution in [2.24, 2.45) is 0 Å². The molecule has 2 aromatic carbocycles. The Bertz CT molecular complexity index is 731. The third kappa shape index (κ3) is 2.60. The fourth-order valence-corrected chi connectivity index (χ4v) is 4.41. The zero-order valence-electron chi connectivity index (χ0n) is 12.8. The molecule has 0 aliphatic carbocycles. The number of fused-ring (bicyclic) bond motifs is 4. The van der Waals surface area contributed by atoms with Crippen LogP contribution in [0.2, 0.25) is 0 Å². The molecule has 2 aromatic rings. The van der Waals surface area contributed by atoms with Crippen LogP contribution in [0.15, 0.2) is 53.4 Å². The fraction of sp³-hybridized carbons (Fsp3) is 0.278. The standard InChI is InChI=1S/C18H17NO3S/c1-21-13-8-6-12(7-9-13)18-15-10-19(17(20)11-22-15)14-4-2-3-5-16(14)23-18/h2-9,15,18H,10-11H2,1H3. The molecule has 0 saturated carbocycles. The van der Waals surface area contributed by atoms with Crippen LogP contribution in [-0.4, -0.2) is 32.3 Å². The Morgan fingerprint density at radius 2 is 1.96 bits per heavy atom. The minimum Gasteiger partial charge on any atom is -0.497 e. The van der Waals surface area contributed by atoms with Crippen LogP contribution in [0.4, 0.5) is 5.69 Å². The second-order valence-electron chi connectivity index (χ2n) is 5.63. The fourth-order valence-electron chi connectivity index (χ4n) is 3.08. The van der Waals surface area contributed by atoms with Crippen molar-refractivity contribution in [2.75, 3.05) is 25.2 Å². The van der Waals surface area contributed by atoms with Crippen molar-refractivity contribution in [3.05, 3.63) is 54.1 Å². The third-order valence-electron chi connectivity index (χ3n) is 4.28. The van der Waals surface area contributed by atoms with E-state index in [9.17, 15) is 4.79 Å². The first-order valence-corrected chi connectivity index (χ1v) is 8.46. The quantitative estimate of drug-likeness (QED) is 0.848. The number of hydrogen-bond acceptors (Lipinski definition) is 4. The molecule has 1 saturated heterocycles. The average Bonchev–Trinajstić information content (AvgIpc) is 2.74. The highest BCUT2D eigenvalue weighted by Gasteiger charge is 2.38. The molecule has 2 heterocycles. The predicted octanol–water partition coefficient (Wildman–Crippen LogP) is 3.27. The van der Waals surface area contributed by atoms with Gasteiger partial charge in [-0.05, 0) is 29.8 Å². The van der Waals surface area contributed by atoms with Gasteiger partial charge in [0.1, 0.15) is 12.4 Å². The van der Waals surface area contributed by atoms with Crippen LogP contribution in [0.3, 0.4) is 0 Å². The van der Waals surface area contributed by atoms with Crippen LogP contribution in [0.25, 0.3) is 0 Å². The molecule has 4 rings (SSSR count). The Morgan fingerprint density at radius 1 is 1.17 bits per heavy atom. The summed E-state index contributed by atoms with van der Waals surface area (Å²) < 4.78 is 11.1. The van der Waals surface area contributed by atoms with E-state index in [1.54, 1.807) is 18.9 Å². The first-order chi connectivity index (χ1) is 11.3. The summed E-state index contributed by atoms with van der Waals surface area (Å²) in [6.07, 6.45) is -0.0153. The Morgan fingerprint density at radius 3 is 2.74 bits per heavy atom. The molecule has 1 amide bonds. The van der Waals surface area contributed by atoms with Gasteiger partial charge in [0.2, 0.25) is 0 Å². The van der Waals surface area contributed by atoms with E-state index in [4.69, 9.17) is 9.47 Å². The van der Waals surface area contributed by atoms with Crippen molar-refractivity contribution >= 4 is 23.4 Å². The molecule has 0 spiro atoms. The largest absolute Gasteiger partial charge is 0.497 e. The number of ether oxygens (including phenoxy) is 2. The second kappa shape index (κ2) is 5.91. The number of methoxy groups -OCH3 is 1. The highest BCUT2D eigenvalue weighted by Crippen LogP contribution is 2.47. The Labute approximate surface area is 139 Å². The number of hydrogen-bond donors (Lipinski definition) is 0. The molecule has 0 aromatic heterocycles. The Hall–Kier alpha value is -1.98. The SMILES string of the molecule is COc1ccc(C2Sc3ccccc3N3CC2OCC3=O)cc1. The molecule has 118 valence electrons. The predicted molar refractivity (Wildman–Crippen MR) is 90.1 cm³/mol. The number of carbonyl (C=O) groups is 1. The number of nitrogens with zero attached hydrogens (tertiary/aromatic N) is 1. The molecule has 2 aliphatic heterocycles. The monoisotopic (exact) mass is 327 g/mol. The molecular weight excluding hydrogens is 310 g/mol. The maximum atomic E-state index is 12.2. The summed E-state index contributed by atoms with van der Waals surface area (Å²) >= 11 is 1.76. The number of amides is 1. The summed E-state index contributed by atoms with van der Waals surface area (Å²) in [6.45, 7) is 0.742. The van der Waals surface area contributed by atoms with Gasteiger partial charge >= 0.3 is 0 Å². The van der Waals surface area contributed by atoms with E-state index in [2.05, 4.69) is 18.2 Å². The second-order valence-corrected chi connectivity index (χ2v) is 6.82. The maximum Gasteiger partial charge on any atom is 0.253 e. The summed E-state index contributed by atoms with van der Waals surface area (Å²) in [5.41, 5.74) is 2.18. The Balaban J connectivity index is 1.75. The summed E-state index contributed by atoms with van der Waals surface area (Å²) in [5, 5.41) is 0.153. The van der Waals surface area contributed by atoms with Gasteiger partial charge in [-0.1, -0.05) is 24.3 Å². The number of carbonyl (C=O) groups excluding carboxylic acids is 1. The van der Waals surface area contributed by atoms with Crippen molar-refractivity contribution in [2.45, 2.75) is 16.2 Å². The van der Waals surface area contributed by atoms with E-state index in [1.807, 2.05) is 35.2 Å². The zero-order valence-corrected chi connectivity index (χ0v) is 13.6. The van der Waals surface area contributed by atoms with Crippen molar-refractivity contribution < 1.29 is 14.3 Å². The van der Waals surface area contributed by atoms with Gasteiger partial charge in [0.15, 0.2) is 0 Å². The molecule has 0 N–H and O–H groups in total. The molecule has 5 heteroatoms. The van der Waals surface area contributed by atoms with Gasteiger partial charge in [-0.2, -0.15) is 0 Å². The van der Waals surface area contributed by atoms with E-state index in [1.165, 1.54) is 5.56 Å². The van der Waals surface area contributed by atoms with Crippen molar-refractivity contribution in [1.82, 2.24) is 0 Å². The van der Waals surface area contributed by atoms with Gasteiger partial charge in [-0.3, -0.25) is 4.79 Å². The summed E-state index contributed by atoms with van der Waals surface area (Å²) in [7, 11) is 1.67. The van der Waals surface area contributed by atoms with Gasteiger partial charge in [-0.15, -0.1) is 11.8 Å². The minimum atomic E-state index is -0.0153. The number of rotatable bonds is 2. The van der Waals surface area contributed by atoms with Gasteiger partial charge in [0, 0.05) is 4.90 Å². The molecule has 4 nitrogen and oxygen atoms in total. The lowest BCUT2D eigenvalue weighted by Gasteiger charge is -2.33. The van der Waals surface area contributed by atoms with Crippen LogP contribution in [0.1, 0.15) is 10.8 Å². The normalized spacial score (nSPS) is 23.2. The third-order valence-corrected chi connectivity index (χ3v) is 5.71. The number of benzene rings is 2. The molecule has 2 bridgehead atoms. The highest BCUT2D eigenvalue weighted by atomic mass is 32.2. The highest BCUT2D eigenvalue weighted by molar-refractivity contribution is 7.99. The van der Waals surface area contributed by atoms with Crippen LogP contribution >= 0.6 is 11.8 Å². The van der Waals surface area contributed by atoms with Crippen LogP contribution in [0, 0.1) is 0 Å². The molecule has 2 atom stereocenters. The van der Waals surface area contributed by atoms with E-state index < -0.39 is 0 Å². The summed E-state index contributed by atoms with van der Waals surface area (Å²) in [6, 6.07) is 16.2. The lowest BCUT2D eigenvalue weighted by molar-refractivity contribution is -0.129. The smallest absolute Gasteiger partial charge is 0.253 e. The van der Waals surface area contributed by atoms with Gasteiger partial charge in [0.25, 0.3) is 5.91 Å². The number of morpholine rings is 1. The number of thioether (sulfide) groups is 1. The van der Waals surface area contributed by atoms with E-state index in [-0.39, 0.29) is 23.9 Å². The lowest BCUT2D eigenvalue weighted by atomic mass is 10.1. The number of para-hydroxylation sites is 1. The molecule has 23 heavy (non-hydrogen) atoms. The topological polar surface area (TPSA) is 38.8 Å². The van der Waals surface area contributed by atoms with Gasteiger partial charge < -0.3 is 14.4 Å². The van der Waals surface area contributed by atoms with Gasteiger partial charge in [-0.25, -0.2) is 0 Å². The first-order valence-electron chi connectivity index (χ1n) is 7.58. The molecule has 0 radical (unpaired) electrons.